The van der Waals surface area contributed by atoms with Crippen molar-refractivity contribution in [2.75, 3.05) is 0 Å². The fourth-order valence-electron chi connectivity index (χ4n) is 4.55. The topological polar surface area (TPSA) is 113 Å². The van der Waals surface area contributed by atoms with Gasteiger partial charge in [-0.25, -0.2) is 9.97 Å². The van der Waals surface area contributed by atoms with Gasteiger partial charge in [-0.2, -0.15) is 0 Å². The molecule has 1 unspecified atom stereocenters. The Bertz CT molecular complexity index is 1790. The predicted octanol–water partition coefficient (Wildman–Crippen LogP) is 5.56. The average molecular weight is 517 g/mol. The summed E-state index contributed by atoms with van der Waals surface area (Å²) in [5, 5.41) is 0.576. The van der Waals surface area contributed by atoms with Crippen LogP contribution in [0.15, 0.2) is 51.7 Å². The summed E-state index contributed by atoms with van der Waals surface area (Å²) in [6.45, 7) is 7.40. The lowest BCUT2D eigenvalue weighted by molar-refractivity contribution is 0.0988. The molecule has 5 rings (SSSR count). The Balaban J connectivity index is 1.67. The highest BCUT2D eigenvalue weighted by molar-refractivity contribution is 6.29. The van der Waals surface area contributed by atoms with Gasteiger partial charge in [0.2, 0.25) is 0 Å². The van der Waals surface area contributed by atoms with E-state index in [2.05, 4.69) is 9.97 Å². The van der Waals surface area contributed by atoms with Gasteiger partial charge < -0.3 is 19.5 Å². The lowest BCUT2D eigenvalue weighted by Crippen LogP contribution is -2.17. The Hall–Kier alpha value is -4.17. The second-order valence-corrected chi connectivity index (χ2v) is 9.53. The smallest absolute Gasteiger partial charge is 0.271 e. The van der Waals surface area contributed by atoms with Gasteiger partial charge in [0.1, 0.15) is 28.4 Å². The number of aromatic nitrogens is 3. The number of aryl methyl sites for hydroxylation is 3. The first-order valence-electron chi connectivity index (χ1n) is 11.7. The minimum Gasteiger partial charge on any atom is -0.483 e. The van der Waals surface area contributed by atoms with Crippen molar-refractivity contribution in [1.82, 2.24) is 14.5 Å². The van der Waals surface area contributed by atoms with Gasteiger partial charge in [-0.05, 0) is 75.7 Å². The minimum atomic E-state index is -0.761. The molecule has 5 aromatic rings. The van der Waals surface area contributed by atoms with E-state index in [1.807, 2.05) is 49.7 Å². The van der Waals surface area contributed by atoms with Crippen LogP contribution in [0.5, 0.6) is 5.75 Å². The molecular formula is C28H25ClN4O4. The molecule has 2 N–H and O–H groups in total. The lowest BCUT2D eigenvalue weighted by atomic mass is 9.99. The largest absolute Gasteiger partial charge is 0.483 e. The normalized spacial score (nSPS) is 12.3. The van der Waals surface area contributed by atoms with E-state index in [4.69, 9.17) is 26.5 Å². The number of carbonyl (C=O) groups is 1. The number of hydrogen-bond donors (Lipinski definition) is 1. The molecule has 1 amide bonds. The third kappa shape index (κ3) is 4.23. The van der Waals surface area contributed by atoms with Crippen molar-refractivity contribution in [2.45, 2.75) is 33.8 Å². The predicted molar refractivity (Wildman–Crippen MR) is 143 cm³/mol. The first-order valence-corrected chi connectivity index (χ1v) is 12.1. The maximum atomic E-state index is 13.5. The van der Waals surface area contributed by atoms with Crippen LogP contribution in [0.3, 0.4) is 0 Å². The van der Waals surface area contributed by atoms with Crippen molar-refractivity contribution in [3.63, 3.8) is 0 Å². The van der Waals surface area contributed by atoms with E-state index in [0.29, 0.717) is 27.9 Å². The van der Waals surface area contributed by atoms with Crippen molar-refractivity contribution < 1.29 is 13.9 Å². The van der Waals surface area contributed by atoms with Crippen LogP contribution >= 0.6 is 11.6 Å². The molecule has 0 radical (unpaired) electrons. The molecule has 8 nitrogen and oxygen atoms in total. The molecular weight excluding hydrogens is 492 g/mol. The highest BCUT2D eigenvalue weighted by atomic mass is 35.5. The van der Waals surface area contributed by atoms with Crippen LogP contribution in [-0.4, -0.2) is 20.4 Å². The van der Waals surface area contributed by atoms with E-state index in [9.17, 15) is 9.59 Å². The summed E-state index contributed by atoms with van der Waals surface area (Å²) in [7, 11) is 1.96. The van der Waals surface area contributed by atoms with Gasteiger partial charge in [-0.1, -0.05) is 11.6 Å². The van der Waals surface area contributed by atoms with E-state index < -0.39 is 12.0 Å². The van der Waals surface area contributed by atoms with Crippen molar-refractivity contribution in [3.05, 3.63) is 86.0 Å². The number of fused-ring (bicyclic) bond motifs is 2. The van der Waals surface area contributed by atoms with Gasteiger partial charge in [-0.15, -0.1) is 0 Å². The zero-order chi connectivity index (χ0) is 26.6. The Labute approximate surface area is 217 Å². The van der Waals surface area contributed by atoms with E-state index in [1.54, 1.807) is 26.0 Å². The summed E-state index contributed by atoms with van der Waals surface area (Å²) < 4.78 is 14.6. The maximum Gasteiger partial charge on any atom is 0.271 e. The highest BCUT2D eigenvalue weighted by Gasteiger charge is 2.22. The summed E-state index contributed by atoms with van der Waals surface area (Å²) in [5.41, 5.74) is 10.2. The Morgan fingerprint density at radius 1 is 1.11 bits per heavy atom. The lowest BCUT2D eigenvalue weighted by Gasteiger charge is -2.19. The van der Waals surface area contributed by atoms with Crippen LogP contribution < -0.4 is 15.9 Å². The second kappa shape index (κ2) is 9.05. The number of imidazole rings is 1. The number of pyridine rings is 1. The molecule has 0 saturated heterocycles. The van der Waals surface area contributed by atoms with Crippen LogP contribution in [0.25, 0.3) is 33.3 Å². The Kier molecular flexibility index (Phi) is 6.00. The number of amides is 1. The van der Waals surface area contributed by atoms with Gasteiger partial charge in [0.05, 0.1) is 16.4 Å². The molecule has 3 heterocycles. The summed E-state index contributed by atoms with van der Waals surface area (Å²) in [4.78, 5) is 34.0. The van der Waals surface area contributed by atoms with E-state index in [0.717, 1.165) is 28.0 Å². The third-order valence-corrected chi connectivity index (χ3v) is 6.77. The number of nitrogens with zero attached hydrogens (tertiary/aromatic N) is 3. The summed E-state index contributed by atoms with van der Waals surface area (Å²) in [6.07, 6.45) is -0.608. The molecule has 0 spiro atoms. The molecule has 0 aliphatic rings. The zero-order valence-corrected chi connectivity index (χ0v) is 21.8. The van der Waals surface area contributed by atoms with Crippen LogP contribution in [0.4, 0.5) is 0 Å². The number of halogens is 1. The van der Waals surface area contributed by atoms with Gasteiger partial charge in [0, 0.05) is 23.7 Å². The van der Waals surface area contributed by atoms with Gasteiger partial charge in [0.25, 0.3) is 5.91 Å². The molecule has 37 heavy (non-hydrogen) atoms. The van der Waals surface area contributed by atoms with Crippen molar-refractivity contribution in [2.24, 2.45) is 12.8 Å². The number of primary amides is 1. The highest BCUT2D eigenvalue weighted by Crippen LogP contribution is 2.34. The van der Waals surface area contributed by atoms with Crippen LogP contribution in [0.1, 0.15) is 46.0 Å². The molecule has 0 fully saturated rings. The number of hydrogen-bond acceptors (Lipinski definition) is 6. The Morgan fingerprint density at radius 2 is 1.86 bits per heavy atom. The molecule has 2 aromatic carbocycles. The van der Waals surface area contributed by atoms with Crippen molar-refractivity contribution in [3.8, 4) is 17.1 Å². The van der Waals surface area contributed by atoms with E-state index >= 15 is 0 Å². The number of rotatable bonds is 5. The molecule has 188 valence electrons. The number of carbonyl (C=O) groups excluding carboxylic acids is 1. The number of benzene rings is 2. The molecule has 0 aliphatic carbocycles. The van der Waals surface area contributed by atoms with Gasteiger partial charge in [-0.3, -0.25) is 9.59 Å². The number of ether oxygens (including phenoxy) is 1. The van der Waals surface area contributed by atoms with Gasteiger partial charge in [0.15, 0.2) is 16.9 Å². The van der Waals surface area contributed by atoms with Crippen LogP contribution in [0, 0.1) is 20.8 Å². The van der Waals surface area contributed by atoms with Crippen LogP contribution in [-0.2, 0) is 7.05 Å². The molecule has 9 heteroatoms. The first kappa shape index (κ1) is 24.5. The Morgan fingerprint density at radius 3 is 2.59 bits per heavy atom. The number of nitrogens with two attached hydrogens (primary N) is 1. The minimum absolute atomic E-state index is 0.0757. The first-order chi connectivity index (χ1) is 17.5. The monoisotopic (exact) mass is 516 g/mol. The van der Waals surface area contributed by atoms with E-state index in [-0.39, 0.29) is 22.0 Å². The van der Waals surface area contributed by atoms with Crippen LogP contribution in [0.2, 0.25) is 5.15 Å². The molecule has 0 saturated carbocycles. The SMILES string of the molecule is Cc1cc(C(C)Oc2ccc(Cl)nc2C(N)=O)c2oc(-c3ccc4c(c3)nc(C)n4C)c(C)c(=O)c2c1. The fourth-order valence-corrected chi connectivity index (χ4v) is 4.70. The molecule has 0 bridgehead atoms. The molecule has 1 atom stereocenters. The molecule has 0 aliphatic heterocycles. The van der Waals surface area contributed by atoms with Crippen molar-refractivity contribution in [1.29, 1.82) is 0 Å². The summed E-state index contributed by atoms with van der Waals surface area (Å²) >= 11 is 5.94. The third-order valence-electron chi connectivity index (χ3n) is 6.56. The van der Waals surface area contributed by atoms with E-state index in [1.165, 1.54) is 6.07 Å². The maximum absolute atomic E-state index is 13.5. The van der Waals surface area contributed by atoms with Gasteiger partial charge >= 0.3 is 0 Å². The quantitative estimate of drug-likeness (QED) is 0.306. The summed E-state index contributed by atoms with van der Waals surface area (Å²) in [5.74, 6) is 0.777. The zero-order valence-electron chi connectivity index (χ0n) is 21.0. The average Bonchev–Trinajstić information content (AvgIpc) is 3.14. The fraction of sp³-hybridized carbons (Fsp3) is 0.214. The molecule has 3 aromatic heterocycles. The summed E-state index contributed by atoms with van der Waals surface area (Å²) in [6, 6.07) is 12.6. The second-order valence-electron chi connectivity index (χ2n) is 9.14. The van der Waals surface area contributed by atoms with Crippen molar-refractivity contribution >= 4 is 39.5 Å². The standard InChI is InChI=1S/C28H25ClN4O4/c1-13-10-18(15(3)36-22-8-9-23(29)32-24(22)28(30)35)27-19(11-13)25(34)14(2)26(37-27)17-6-7-21-20(12-17)31-16(4)33(21)5/h6-12,15H,1-5H3,(H2,30,35).